The van der Waals surface area contributed by atoms with E-state index in [1.54, 1.807) is 0 Å². The zero-order valence-corrected chi connectivity index (χ0v) is 11.5. The Bertz CT molecular complexity index is 517. The summed E-state index contributed by atoms with van der Waals surface area (Å²) in [6.07, 6.45) is 4.85. The topological polar surface area (TPSA) is 12.0 Å². The molecule has 0 fully saturated rings. The van der Waals surface area contributed by atoms with Gasteiger partial charge >= 0.3 is 0 Å². The second kappa shape index (κ2) is 5.48. The quantitative estimate of drug-likeness (QED) is 0.827. The molecule has 0 spiro atoms. The Morgan fingerprint density at radius 1 is 1.05 bits per heavy atom. The molecule has 1 unspecified atom stereocenters. The van der Waals surface area contributed by atoms with Crippen molar-refractivity contribution in [1.29, 1.82) is 0 Å². The standard InChI is InChI=1S/C18H21N/c1-2-3-6-14-9-11-15(12-10-14)18-13-16-7-4-5-8-17(16)19-18/h4-5,7-12,18-19H,2-3,6,13H2,1H3. The summed E-state index contributed by atoms with van der Waals surface area (Å²) in [7, 11) is 0. The smallest absolute Gasteiger partial charge is 0.0555 e. The Balaban J connectivity index is 1.71. The molecule has 1 aliphatic rings. The van der Waals surface area contributed by atoms with E-state index in [4.69, 9.17) is 0 Å². The molecule has 0 saturated heterocycles. The maximum atomic E-state index is 3.61. The third-order valence-electron chi connectivity index (χ3n) is 3.97. The van der Waals surface area contributed by atoms with Crippen molar-refractivity contribution < 1.29 is 0 Å². The monoisotopic (exact) mass is 251 g/mol. The van der Waals surface area contributed by atoms with Crippen LogP contribution < -0.4 is 5.32 Å². The Kier molecular flexibility index (Phi) is 3.54. The van der Waals surface area contributed by atoms with Crippen molar-refractivity contribution in [2.24, 2.45) is 0 Å². The number of hydrogen-bond donors (Lipinski definition) is 1. The number of benzene rings is 2. The second-order valence-corrected chi connectivity index (χ2v) is 5.40. The van der Waals surface area contributed by atoms with Gasteiger partial charge in [0.15, 0.2) is 0 Å². The molecule has 19 heavy (non-hydrogen) atoms. The molecule has 1 heteroatoms. The van der Waals surface area contributed by atoms with Crippen LogP contribution in [-0.4, -0.2) is 0 Å². The maximum absolute atomic E-state index is 3.61. The van der Waals surface area contributed by atoms with Crippen molar-refractivity contribution in [1.82, 2.24) is 0 Å². The molecule has 0 aromatic heterocycles. The Morgan fingerprint density at radius 2 is 1.84 bits per heavy atom. The van der Waals surface area contributed by atoms with Crippen LogP contribution in [0.1, 0.15) is 42.5 Å². The van der Waals surface area contributed by atoms with E-state index in [1.165, 1.54) is 41.6 Å². The number of para-hydroxylation sites is 1. The summed E-state index contributed by atoms with van der Waals surface area (Å²) < 4.78 is 0. The summed E-state index contributed by atoms with van der Waals surface area (Å²) in [4.78, 5) is 0. The van der Waals surface area contributed by atoms with Gasteiger partial charge in [0.05, 0.1) is 6.04 Å². The Hall–Kier alpha value is -1.76. The van der Waals surface area contributed by atoms with Gasteiger partial charge in [-0.2, -0.15) is 0 Å². The second-order valence-electron chi connectivity index (χ2n) is 5.40. The Labute approximate surface area is 115 Å². The first-order valence-electron chi connectivity index (χ1n) is 7.30. The number of hydrogen-bond acceptors (Lipinski definition) is 1. The van der Waals surface area contributed by atoms with Gasteiger partial charge < -0.3 is 5.32 Å². The van der Waals surface area contributed by atoms with Gasteiger partial charge in [-0.15, -0.1) is 0 Å². The molecular formula is C18H21N. The summed E-state index contributed by atoms with van der Waals surface area (Å²) in [6.45, 7) is 2.24. The fourth-order valence-electron chi connectivity index (χ4n) is 2.80. The van der Waals surface area contributed by atoms with Crippen molar-refractivity contribution in [2.75, 3.05) is 5.32 Å². The lowest BCUT2D eigenvalue weighted by atomic mass is 10.00. The fraction of sp³-hybridized carbons (Fsp3) is 0.333. The van der Waals surface area contributed by atoms with Gasteiger partial charge in [-0.3, -0.25) is 0 Å². The molecular weight excluding hydrogens is 230 g/mol. The van der Waals surface area contributed by atoms with E-state index in [1.807, 2.05) is 0 Å². The minimum atomic E-state index is 0.442. The normalized spacial score (nSPS) is 17.0. The molecule has 1 aliphatic heterocycles. The molecule has 0 bridgehead atoms. The van der Waals surface area contributed by atoms with E-state index in [9.17, 15) is 0 Å². The highest BCUT2D eigenvalue weighted by atomic mass is 14.9. The molecule has 0 aliphatic carbocycles. The Morgan fingerprint density at radius 3 is 2.58 bits per heavy atom. The molecule has 1 heterocycles. The molecule has 98 valence electrons. The molecule has 1 N–H and O–H groups in total. The summed E-state index contributed by atoms with van der Waals surface area (Å²) >= 11 is 0. The lowest BCUT2D eigenvalue weighted by Crippen LogP contribution is -2.05. The SMILES string of the molecule is CCCCc1ccc(C2Cc3ccccc3N2)cc1. The zero-order valence-electron chi connectivity index (χ0n) is 11.5. The first-order chi connectivity index (χ1) is 9.36. The van der Waals surface area contributed by atoms with E-state index in [0.29, 0.717) is 6.04 Å². The average molecular weight is 251 g/mol. The van der Waals surface area contributed by atoms with Gasteiger partial charge in [-0.1, -0.05) is 55.8 Å². The molecule has 2 aromatic carbocycles. The number of rotatable bonds is 4. The van der Waals surface area contributed by atoms with Gasteiger partial charge in [0.1, 0.15) is 0 Å². The summed E-state index contributed by atoms with van der Waals surface area (Å²) in [5, 5.41) is 3.61. The van der Waals surface area contributed by atoms with E-state index in [0.717, 1.165) is 6.42 Å². The van der Waals surface area contributed by atoms with E-state index >= 15 is 0 Å². The molecule has 0 amide bonds. The number of unbranched alkanes of at least 4 members (excludes halogenated alkanes) is 1. The molecule has 1 nitrogen and oxygen atoms in total. The maximum Gasteiger partial charge on any atom is 0.0555 e. The summed E-state index contributed by atoms with van der Waals surface area (Å²) in [6, 6.07) is 18.2. The molecule has 1 atom stereocenters. The predicted octanol–water partition coefficient (Wildman–Crippen LogP) is 4.74. The van der Waals surface area contributed by atoms with Crippen molar-refractivity contribution >= 4 is 5.69 Å². The lowest BCUT2D eigenvalue weighted by molar-refractivity contribution is 0.790. The highest BCUT2D eigenvalue weighted by Gasteiger charge is 2.20. The van der Waals surface area contributed by atoms with E-state index < -0.39 is 0 Å². The number of aryl methyl sites for hydroxylation is 1. The van der Waals surface area contributed by atoms with Crippen LogP contribution in [0.15, 0.2) is 48.5 Å². The third kappa shape index (κ3) is 2.65. The highest BCUT2D eigenvalue weighted by Crippen LogP contribution is 2.33. The van der Waals surface area contributed by atoms with Crippen LogP contribution in [0, 0.1) is 0 Å². The van der Waals surface area contributed by atoms with Crippen LogP contribution in [0.4, 0.5) is 5.69 Å². The molecule has 0 saturated carbocycles. The molecule has 2 aromatic rings. The minimum absolute atomic E-state index is 0.442. The van der Waals surface area contributed by atoms with E-state index in [-0.39, 0.29) is 0 Å². The van der Waals surface area contributed by atoms with Crippen LogP contribution >= 0.6 is 0 Å². The van der Waals surface area contributed by atoms with E-state index in [2.05, 4.69) is 60.8 Å². The van der Waals surface area contributed by atoms with Crippen LogP contribution in [-0.2, 0) is 12.8 Å². The van der Waals surface area contributed by atoms with Crippen LogP contribution in [0.25, 0.3) is 0 Å². The largest absolute Gasteiger partial charge is 0.378 e. The number of nitrogens with one attached hydrogen (secondary N) is 1. The van der Waals surface area contributed by atoms with Gasteiger partial charge in [-0.25, -0.2) is 0 Å². The van der Waals surface area contributed by atoms with Gasteiger partial charge in [0.2, 0.25) is 0 Å². The first-order valence-corrected chi connectivity index (χ1v) is 7.30. The van der Waals surface area contributed by atoms with Gasteiger partial charge in [-0.05, 0) is 42.0 Å². The summed E-state index contributed by atoms with van der Waals surface area (Å²) in [5.41, 5.74) is 5.59. The summed E-state index contributed by atoms with van der Waals surface area (Å²) in [5.74, 6) is 0. The van der Waals surface area contributed by atoms with Crippen molar-refractivity contribution in [3.8, 4) is 0 Å². The van der Waals surface area contributed by atoms with Crippen LogP contribution in [0.5, 0.6) is 0 Å². The zero-order chi connectivity index (χ0) is 13.1. The van der Waals surface area contributed by atoms with Crippen LogP contribution in [0.3, 0.4) is 0 Å². The third-order valence-corrected chi connectivity index (χ3v) is 3.97. The van der Waals surface area contributed by atoms with Gasteiger partial charge in [0.25, 0.3) is 0 Å². The first kappa shape index (κ1) is 12.3. The highest BCUT2D eigenvalue weighted by molar-refractivity contribution is 5.58. The van der Waals surface area contributed by atoms with Crippen molar-refractivity contribution in [2.45, 2.75) is 38.6 Å². The van der Waals surface area contributed by atoms with Crippen molar-refractivity contribution in [3.05, 3.63) is 65.2 Å². The number of fused-ring (bicyclic) bond motifs is 1. The fourth-order valence-corrected chi connectivity index (χ4v) is 2.80. The average Bonchev–Trinajstić information content (AvgIpc) is 2.89. The van der Waals surface area contributed by atoms with Crippen LogP contribution in [0.2, 0.25) is 0 Å². The van der Waals surface area contributed by atoms with Crippen molar-refractivity contribution in [3.63, 3.8) is 0 Å². The predicted molar refractivity (Wildman–Crippen MR) is 81.6 cm³/mol. The number of anilines is 1. The lowest BCUT2D eigenvalue weighted by Gasteiger charge is -2.12. The van der Waals surface area contributed by atoms with Gasteiger partial charge in [0, 0.05) is 5.69 Å². The molecule has 3 rings (SSSR count). The molecule has 0 radical (unpaired) electrons. The minimum Gasteiger partial charge on any atom is -0.378 e.